The van der Waals surface area contributed by atoms with E-state index in [-0.39, 0.29) is 11.5 Å². The Kier molecular flexibility index (Phi) is 4.38. The molecular weight excluding hydrogens is 344 g/mol. The third-order valence-electron chi connectivity index (χ3n) is 4.37. The number of Topliss-reactive ketones (excluding diaryl/α,β-unsaturated/α-hetero) is 1. The van der Waals surface area contributed by atoms with Crippen LogP contribution in [0.2, 0.25) is 0 Å². The second kappa shape index (κ2) is 6.99. The molecule has 0 aliphatic carbocycles. The van der Waals surface area contributed by atoms with E-state index in [1.165, 1.54) is 0 Å². The van der Waals surface area contributed by atoms with Crippen LogP contribution in [0.1, 0.15) is 21.5 Å². The Hall–Kier alpha value is -3.54. The number of hydrogen-bond acceptors (Lipinski definition) is 5. The summed E-state index contributed by atoms with van der Waals surface area (Å²) in [5, 5.41) is 4.23. The average molecular weight is 362 g/mol. The molecule has 0 N–H and O–H groups in total. The van der Waals surface area contributed by atoms with Crippen LogP contribution in [0.5, 0.6) is 17.2 Å². The molecule has 0 unspecified atom stereocenters. The van der Waals surface area contributed by atoms with Crippen LogP contribution < -0.4 is 14.2 Å². The van der Waals surface area contributed by atoms with Crippen LogP contribution in [-0.4, -0.2) is 29.8 Å². The summed E-state index contributed by atoms with van der Waals surface area (Å²) in [5.74, 6) is 2.06. The molecule has 0 saturated heterocycles. The van der Waals surface area contributed by atoms with E-state index in [0.29, 0.717) is 23.6 Å². The Labute approximate surface area is 156 Å². The quantitative estimate of drug-likeness (QED) is 0.650. The fourth-order valence-corrected chi connectivity index (χ4v) is 3.03. The zero-order valence-corrected chi connectivity index (χ0v) is 15.0. The van der Waals surface area contributed by atoms with E-state index in [1.54, 1.807) is 44.7 Å². The average Bonchev–Trinajstić information content (AvgIpc) is 3.30. The van der Waals surface area contributed by atoms with Gasteiger partial charge < -0.3 is 14.2 Å². The van der Waals surface area contributed by atoms with E-state index in [1.807, 2.05) is 35.1 Å². The first-order valence-electron chi connectivity index (χ1n) is 8.44. The number of rotatable bonds is 5. The predicted molar refractivity (Wildman–Crippen MR) is 100 cm³/mol. The monoisotopic (exact) mass is 362 g/mol. The molecule has 2 heterocycles. The molecule has 27 heavy (non-hydrogen) atoms. The Morgan fingerprint density at radius 3 is 2.78 bits per heavy atom. The van der Waals surface area contributed by atoms with E-state index in [2.05, 4.69) is 5.10 Å². The minimum atomic E-state index is -0.142. The summed E-state index contributed by atoms with van der Waals surface area (Å²) in [6.45, 7) is 0.569. The van der Waals surface area contributed by atoms with Gasteiger partial charge in [-0.2, -0.15) is 5.10 Å². The van der Waals surface area contributed by atoms with Gasteiger partial charge in [0.15, 0.2) is 5.76 Å². The van der Waals surface area contributed by atoms with E-state index >= 15 is 0 Å². The molecule has 0 fully saturated rings. The van der Waals surface area contributed by atoms with Crippen molar-refractivity contribution in [1.29, 1.82) is 0 Å². The van der Waals surface area contributed by atoms with Crippen LogP contribution in [0, 0.1) is 0 Å². The van der Waals surface area contributed by atoms with Crippen molar-refractivity contribution >= 4 is 11.9 Å². The molecule has 0 bridgehead atoms. The lowest BCUT2D eigenvalue weighted by molar-refractivity contribution is 0.101. The van der Waals surface area contributed by atoms with Crippen molar-refractivity contribution < 1.29 is 19.0 Å². The Morgan fingerprint density at radius 1 is 1.15 bits per heavy atom. The summed E-state index contributed by atoms with van der Waals surface area (Å²) in [5.41, 5.74) is 2.34. The Morgan fingerprint density at radius 2 is 2.04 bits per heavy atom. The van der Waals surface area contributed by atoms with Gasteiger partial charge in [0.1, 0.15) is 17.2 Å². The first-order valence-corrected chi connectivity index (χ1v) is 8.44. The molecule has 136 valence electrons. The molecule has 1 aliphatic rings. The number of allylic oxidation sites excluding steroid dienone is 1. The number of ketones is 1. The molecule has 0 spiro atoms. The van der Waals surface area contributed by atoms with Crippen LogP contribution in [0.15, 0.2) is 60.6 Å². The molecule has 0 atom stereocenters. The van der Waals surface area contributed by atoms with E-state index in [0.717, 1.165) is 16.9 Å². The number of carbonyl (C=O) groups excluding carboxylic acids is 1. The Bertz CT molecular complexity index is 1020. The van der Waals surface area contributed by atoms with Crippen LogP contribution in [0.3, 0.4) is 0 Å². The minimum Gasteiger partial charge on any atom is -0.497 e. The number of hydrogen-bond donors (Lipinski definition) is 0. The number of fused-ring (bicyclic) bond motifs is 1. The zero-order chi connectivity index (χ0) is 18.8. The number of ether oxygens (including phenoxy) is 3. The second-order valence-corrected chi connectivity index (χ2v) is 6.08. The maximum absolute atomic E-state index is 12.6. The molecule has 1 aliphatic heterocycles. The van der Waals surface area contributed by atoms with Gasteiger partial charge in [-0.3, -0.25) is 9.48 Å². The minimum absolute atomic E-state index is 0.142. The van der Waals surface area contributed by atoms with E-state index in [4.69, 9.17) is 14.2 Å². The molecule has 2 aromatic carbocycles. The maximum Gasteiger partial charge on any atom is 0.231 e. The molecular formula is C21H18N2O4. The molecule has 3 aromatic rings. The number of carbonyl (C=O) groups is 1. The van der Waals surface area contributed by atoms with Crippen molar-refractivity contribution in [3.05, 3.63) is 77.3 Å². The molecule has 1 aromatic heterocycles. The summed E-state index contributed by atoms with van der Waals surface area (Å²) >= 11 is 0. The highest BCUT2D eigenvalue weighted by Gasteiger charge is 2.27. The summed E-state index contributed by atoms with van der Waals surface area (Å²) in [7, 11) is 3.21. The zero-order valence-electron chi connectivity index (χ0n) is 15.0. The summed E-state index contributed by atoms with van der Waals surface area (Å²) < 4.78 is 18.2. The highest BCUT2D eigenvalue weighted by Crippen LogP contribution is 2.35. The molecule has 4 rings (SSSR count). The first kappa shape index (κ1) is 16.9. The summed E-state index contributed by atoms with van der Waals surface area (Å²) in [4.78, 5) is 12.6. The van der Waals surface area contributed by atoms with Gasteiger partial charge in [0.25, 0.3) is 0 Å². The summed E-state index contributed by atoms with van der Waals surface area (Å²) in [6, 6.07) is 12.8. The molecule has 6 heteroatoms. The van der Waals surface area contributed by atoms with Gasteiger partial charge in [-0.15, -0.1) is 0 Å². The molecule has 6 nitrogen and oxygen atoms in total. The largest absolute Gasteiger partial charge is 0.497 e. The predicted octanol–water partition coefficient (Wildman–Crippen LogP) is 3.56. The highest BCUT2D eigenvalue weighted by atomic mass is 16.5. The standard InChI is InChI=1S/C21H18N2O4/c1-25-16-5-6-17-19(12-16)27-20(21(17)24)11-14-4-7-18(26-2)15(10-14)13-23-9-3-8-22-23/h3-12H,13H2,1-2H3. The van der Waals surface area contributed by atoms with Gasteiger partial charge in [-0.25, -0.2) is 0 Å². The van der Waals surface area contributed by atoms with Gasteiger partial charge in [-0.1, -0.05) is 6.07 Å². The van der Waals surface area contributed by atoms with Crippen molar-refractivity contribution in [1.82, 2.24) is 9.78 Å². The third kappa shape index (κ3) is 3.29. The van der Waals surface area contributed by atoms with Crippen LogP contribution in [0.25, 0.3) is 6.08 Å². The lowest BCUT2D eigenvalue weighted by atomic mass is 10.1. The second-order valence-electron chi connectivity index (χ2n) is 6.08. The highest BCUT2D eigenvalue weighted by molar-refractivity contribution is 6.14. The van der Waals surface area contributed by atoms with Crippen LogP contribution in [-0.2, 0) is 6.54 Å². The first-order chi connectivity index (χ1) is 13.2. The van der Waals surface area contributed by atoms with Gasteiger partial charge in [0.05, 0.1) is 26.3 Å². The van der Waals surface area contributed by atoms with Gasteiger partial charge in [0.2, 0.25) is 5.78 Å². The number of methoxy groups -OCH3 is 2. The van der Waals surface area contributed by atoms with Crippen molar-refractivity contribution in [3.63, 3.8) is 0 Å². The third-order valence-corrected chi connectivity index (χ3v) is 4.37. The molecule has 0 amide bonds. The normalized spacial score (nSPS) is 14.1. The lowest BCUT2D eigenvalue weighted by Gasteiger charge is -2.10. The molecule has 0 saturated carbocycles. The smallest absolute Gasteiger partial charge is 0.231 e. The van der Waals surface area contributed by atoms with Crippen molar-refractivity contribution in [2.45, 2.75) is 6.54 Å². The van der Waals surface area contributed by atoms with E-state index in [9.17, 15) is 4.79 Å². The van der Waals surface area contributed by atoms with Crippen molar-refractivity contribution in [2.75, 3.05) is 14.2 Å². The lowest BCUT2D eigenvalue weighted by Crippen LogP contribution is -2.03. The maximum atomic E-state index is 12.6. The van der Waals surface area contributed by atoms with E-state index < -0.39 is 0 Å². The number of benzene rings is 2. The Balaban J connectivity index is 1.65. The molecule has 0 radical (unpaired) electrons. The van der Waals surface area contributed by atoms with Crippen molar-refractivity contribution in [3.8, 4) is 17.2 Å². The number of aromatic nitrogens is 2. The van der Waals surface area contributed by atoms with Gasteiger partial charge >= 0.3 is 0 Å². The fraction of sp³-hybridized carbons (Fsp3) is 0.143. The fourth-order valence-electron chi connectivity index (χ4n) is 3.03. The topological polar surface area (TPSA) is 62.6 Å². The van der Waals surface area contributed by atoms with Crippen LogP contribution in [0.4, 0.5) is 0 Å². The van der Waals surface area contributed by atoms with Gasteiger partial charge in [-0.05, 0) is 42.0 Å². The van der Waals surface area contributed by atoms with Gasteiger partial charge in [0, 0.05) is 24.0 Å². The van der Waals surface area contributed by atoms with Crippen LogP contribution >= 0.6 is 0 Å². The summed E-state index contributed by atoms with van der Waals surface area (Å²) in [6.07, 6.45) is 5.36. The van der Waals surface area contributed by atoms with Crippen molar-refractivity contribution in [2.24, 2.45) is 0 Å². The SMILES string of the molecule is COc1ccc2c(c1)OC(=Cc1ccc(OC)c(Cn3cccn3)c1)C2=O. The number of nitrogens with zero attached hydrogens (tertiary/aromatic N) is 2.